The van der Waals surface area contributed by atoms with E-state index in [4.69, 9.17) is 0 Å². The Bertz CT molecular complexity index is 504. The normalized spacial score (nSPS) is 45.0. The summed E-state index contributed by atoms with van der Waals surface area (Å²) in [4.78, 5) is 0. The molecule has 22 heavy (non-hydrogen) atoms. The highest BCUT2D eigenvalue weighted by Crippen LogP contribution is 2.61. The van der Waals surface area contributed by atoms with Gasteiger partial charge in [-0.3, -0.25) is 0 Å². The third-order valence-electron chi connectivity index (χ3n) is 7.09. The Balaban J connectivity index is 2.00. The third-order valence-corrected chi connectivity index (χ3v) is 7.09. The van der Waals surface area contributed by atoms with Crippen LogP contribution in [0.4, 0.5) is 0 Å². The number of allylic oxidation sites excluding steroid dienone is 3. The average molecular weight is 304 g/mol. The lowest BCUT2D eigenvalue weighted by Gasteiger charge is -2.58. The number of hydrogen-bond acceptors (Lipinski definition) is 2. The molecule has 1 fully saturated rings. The fourth-order valence-electron chi connectivity index (χ4n) is 5.72. The average Bonchev–Trinajstić information content (AvgIpc) is 2.47. The minimum atomic E-state index is -0.292. The Morgan fingerprint density at radius 2 is 2.00 bits per heavy atom. The molecule has 2 nitrogen and oxygen atoms in total. The van der Waals surface area contributed by atoms with Crippen LogP contribution in [0.15, 0.2) is 23.3 Å². The molecule has 0 unspecified atom stereocenters. The molecule has 0 heterocycles. The van der Waals surface area contributed by atoms with Gasteiger partial charge in [-0.15, -0.1) is 0 Å². The van der Waals surface area contributed by atoms with Crippen LogP contribution in [0.3, 0.4) is 0 Å². The van der Waals surface area contributed by atoms with Crippen LogP contribution in [0.2, 0.25) is 0 Å². The van der Waals surface area contributed by atoms with E-state index in [0.29, 0.717) is 24.4 Å². The van der Waals surface area contributed by atoms with Gasteiger partial charge in [-0.25, -0.2) is 0 Å². The molecular weight excluding hydrogens is 272 g/mol. The van der Waals surface area contributed by atoms with Gasteiger partial charge in [0.05, 0.1) is 6.10 Å². The smallest absolute Gasteiger partial charge is 0.0761 e. The first-order valence-electron chi connectivity index (χ1n) is 9.02. The van der Waals surface area contributed by atoms with Gasteiger partial charge in [-0.2, -0.15) is 0 Å². The summed E-state index contributed by atoms with van der Waals surface area (Å²) in [6, 6.07) is 0. The van der Waals surface area contributed by atoms with E-state index in [1.54, 1.807) is 0 Å². The Morgan fingerprint density at radius 1 is 1.27 bits per heavy atom. The molecule has 2 N–H and O–H groups in total. The molecule has 2 heteroatoms. The van der Waals surface area contributed by atoms with Crippen LogP contribution < -0.4 is 0 Å². The second-order valence-corrected chi connectivity index (χ2v) is 8.77. The van der Waals surface area contributed by atoms with E-state index in [1.165, 1.54) is 24.0 Å². The number of rotatable bonds is 2. The molecule has 3 aliphatic rings. The van der Waals surface area contributed by atoms with Crippen molar-refractivity contribution in [2.45, 2.75) is 65.9 Å². The number of aliphatic hydroxyl groups excluding tert-OH is 2. The van der Waals surface area contributed by atoms with Crippen molar-refractivity contribution in [1.29, 1.82) is 0 Å². The van der Waals surface area contributed by atoms with Crippen LogP contribution in [0.1, 0.15) is 59.8 Å². The molecule has 5 atom stereocenters. The molecule has 0 amide bonds. The highest BCUT2D eigenvalue weighted by Gasteiger charge is 2.54. The number of fused-ring (bicyclic) bond motifs is 3. The maximum atomic E-state index is 10.6. The predicted octanol–water partition coefficient (Wildman–Crippen LogP) is 4.08. The third kappa shape index (κ3) is 2.30. The minimum Gasteiger partial charge on any atom is -0.396 e. The summed E-state index contributed by atoms with van der Waals surface area (Å²) in [5.74, 6) is 1.40. The summed E-state index contributed by atoms with van der Waals surface area (Å²) in [5.41, 5.74) is 2.92. The van der Waals surface area contributed by atoms with Crippen LogP contribution in [-0.2, 0) is 0 Å². The molecule has 0 aromatic heterocycles. The van der Waals surface area contributed by atoms with Crippen molar-refractivity contribution in [2.24, 2.45) is 28.6 Å². The van der Waals surface area contributed by atoms with Gasteiger partial charge in [0.2, 0.25) is 0 Å². The van der Waals surface area contributed by atoms with E-state index >= 15 is 0 Å². The summed E-state index contributed by atoms with van der Waals surface area (Å²) < 4.78 is 0. The highest BCUT2D eigenvalue weighted by molar-refractivity contribution is 5.37. The van der Waals surface area contributed by atoms with Crippen molar-refractivity contribution >= 4 is 0 Å². The lowest BCUT2D eigenvalue weighted by molar-refractivity contribution is -0.0795. The van der Waals surface area contributed by atoms with E-state index in [9.17, 15) is 10.2 Å². The quantitative estimate of drug-likeness (QED) is 0.807. The Morgan fingerprint density at radius 3 is 2.64 bits per heavy atom. The molecule has 124 valence electrons. The van der Waals surface area contributed by atoms with Crippen LogP contribution in [0, 0.1) is 28.6 Å². The molecule has 0 aromatic rings. The molecule has 0 saturated heterocycles. The van der Waals surface area contributed by atoms with Crippen molar-refractivity contribution < 1.29 is 10.2 Å². The SMILES string of the molecule is CC(C)C1=CC2=CC[C@H]3[C@](C)(CO)CCC[C@]3(C)[C@H]2C[C@@H]1O. The maximum Gasteiger partial charge on any atom is 0.0761 e. The van der Waals surface area contributed by atoms with Crippen molar-refractivity contribution in [2.75, 3.05) is 6.61 Å². The van der Waals surface area contributed by atoms with Crippen LogP contribution in [0.5, 0.6) is 0 Å². The Labute approximate surface area is 135 Å². The fourth-order valence-corrected chi connectivity index (χ4v) is 5.72. The second kappa shape index (κ2) is 5.49. The monoisotopic (exact) mass is 304 g/mol. The minimum absolute atomic E-state index is 0.0437. The van der Waals surface area contributed by atoms with E-state index in [1.807, 2.05) is 0 Å². The standard InChI is InChI=1S/C20H32O2/c1-13(2)15-10-14-6-7-18-19(3,12-21)8-5-9-20(18,4)16(14)11-17(15)22/h6,10,13,16-18,21-22H,5,7-9,11-12H2,1-4H3/t16-,17-,18-,19-,20+/m0/s1. The Hall–Kier alpha value is -0.600. The fraction of sp³-hybridized carbons (Fsp3) is 0.800. The zero-order chi connectivity index (χ0) is 16.1. The lowest BCUT2D eigenvalue weighted by Crippen LogP contribution is -2.52. The first-order valence-corrected chi connectivity index (χ1v) is 9.02. The predicted molar refractivity (Wildman–Crippen MR) is 90.4 cm³/mol. The van der Waals surface area contributed by atoms with Crippen molar-refractivity contribution in [3.05, 3.63) is 23.3 Å². The summed E-state index contributed by atoms with van der Waals surface area (Å²) in [6.07, 6.45) is 9.91. The number of hydrogen-bond donors (Lipinski definition) is 2. The molecule has 0 radical (unpaired) electrons. The van der Waals surface area contributed by atoms with E-state index in [2.05, 4.69) is 39.8 Å². The van der Waals surface area contributed by atoms with Gasteiger partial charge >= 0.3 is 0 Å². The zero-order valence-corrected chi connectivity index (χ0v) is 14.6. The van der Waals surface area contributed by atoms with Gasteiger partial charge in [-0.1, -0.05) is 46.3 Å². The van der Waals surface area contributed by atoms with Gasteiger partial charge in [-0.05, 0) is 65.4 Å². The van der Waals surface area contributed by atoms with Gasteiger partial charge in [0.15, 0.2) is 0 Å². The molecule has 3 aliphatic carbocycles. The van der Waals surface area contributed by atoms with Crippen LogP contribution in [-0.4, -0.2) is 22.9 Å². The van der Waals surface area contributed by atoms with Gasteiger partial charge in [0, 0.05) is 6.61 Å². The van der Waals surface area contributed by atoms with Crippen LogP contribution >= 0.6 is 0 Å². The summed E-state index contributed by atoms with van der Waals surface area (Å²) in [7, 11) is 0. The molecule has 1 saturated carbocycles. The van der Waals surface area contributed by atoms with Crippen molar-refractivity contribution in [3.63, 3.8) is 0 Å². The van der Waals surface area contributed by atoms with E-state index in [0.717, 1.165) is 19.3 Å². The summed E-state index contributed by atoms with van der Waals surface area (Å²) in [5, 5.41) is 20.6. The van der Waals surface area contributed by atoms with Gasteiger partial charge in [0.1, 0.15) is 0 Å². The second-order valence-electron chi connectivity index (χ2n) is 8.77. The van der Waals surface area contributed by atoms with Gasteiger partial charge < -0.3 is 10.2 Å². The summed E-state index contributed by atoms with van der Waals surface area (Å²) >= 11 is 0. The molecule has 0 aliphatic heterocycles. The van der Waals surface area contributed by atoms with Crippen LogP contribution in [0.25, 0.3) is 0 Å². The lowest BCUT2D eigenvalue weighted by atomic mass is 9.47. The largest absolute Gasteiger partial charge is 0.396 e. The van der Waals surface area contributed by atoms with E-state index in [-0.39, 0.29) is 16.9 Å². The van der Waals surface area contributed by atoms with E-state index < -0.39 is 0 Å². The molecule has 0 spiro atoms. The summed E-state index contributed by atoms with van der Waals surface area (Å²) in [6.45, 7) is 9.32. The molecule has 0 bridgehead atoms. The zero-order valence-electron chi connectivity index (χ0n) is 14.6. The van der Waals surface area contributed by atoms with Crippen molar-refractivity contribution in [1.82, 2.24) is 0 Å². The maximum absolute atomic E-state index is 10.6. The highest BCUT2D eigenvalue weighted by atomic mass is 16.3. The van der Waals surface area contributed by atoms with Crippen molar-refractivity contribution in [3.8, 4) is 0 Å². The molecule has 0 aromatic carbocycles. The topological polar surface area (TPSA) is 40.5 Å². The van der Waals surface area contributed by atoms with Gasteiger partial charge in [0.25, 0.3) is 0 Å². The molecular formula is C20H32O2. The first kappa shape index (κ1) is 16.3. The Kier molecular flexibility index (Phi) is 4.06. The number of aliphatic hydroxyl groups is 2. The first-order chi connectivity index (χ1) is 10.3. The molecule has 3 rings (SSSR count).